The number of nitrogens with zero attached hydrogens (tertiary/aromatic N) is 3. The first-order chi connectivity index (χ1) is 16.1. The van der Waals surface area contributed by atoms with Gasteiger partial charge in [-0.05, 0) is 31.4 Å². The minimum absolute atomic E-state index is 0.0665. The Kier molecular flexibility index (Phi) is 10.4. The molecule has 2 aliphatic heterocycles. The Morgan fingerprint density at radius 3 is 2.48 bits per heavy atom. The zero-order valence-corrected chi connectivity index (χ0v) is 19.8. The van der Waals surface area contributed by atoms with Crippen molar-refractivity contribution in [1.82, 2.24) is 15.4 Å². The second-order valence-corrected chi connectivity index (χ2v) is 7.29. The second-order valence-electron chi connectivity index (χ2n) is 7.29. The summed E-state index contributed by atoms with van der Waals surface area (Å²) in [6, 6.07) is 11.4. The van der Waals surface area contributed by atoms with Crippen LogP contribution < -0.4 is 16.0 Å². The van der Waals surface area contributed by atoms with Gasteiger partial charge in [0.05, 0.1) is 11.3 Å². The molecule has 2 aromatic rings. The van der Waals surface area contributed by atoms with E-state index in [0.29, 0.717) is 42.7 Å². The van der Waals surface area contributed by atoms with Crippen LogP contribution in [0.4, 0.5) is 5.69 Å². The molecule has 1 aromatic carbocycles. The van der Waals surface area contributed by atoms with Crippen molar-refractivity contribution in [3.05, 3.63) is 66.9 Å². The number of hydrogen-bond acceptors (Lipinski definition) is 7. The second kappa shape index (κ2) is 13.2. The molecular formula is C25H35N5O3. The Balaban J connectivity index is 0.000000914. The lowest BCUT2D eigenvalue weighted by atomic mass is 9.95. The Morgan fingerprint density at radius 1 is 1.24 bits per heavy atom. The van der Waals surface area contributed by atoms with Gasteiger partial charge in [-0.3, -0.25) is 10.3 Å². The minimum Gasteiger partial charge on any atom is -0.471 e. The van der Waals surface area contributed by atoms with Crippen molar-refractivity contribution in [3.8, 4) is 5.88 Å². The first-order valence-corrected chi connectivity index (χ1v) is 11.3. The van der Waals surface area contributed by atoms with Gasteiger partial charge in [0.25, 0.3) is 5.91 Å². The number of likely N-dealkylation sites (tertiary alicyclic amines) is 1. The van der Waals surface area contributed by atoms with E-state index in [0.717, 1.165) is 24.2 Å². The molecule has 0 saturated carbocycles. The highest BCUT2D eigenvalue weighted by Gasteiger charge is 2.29. The van der Waals surface area contributed by atoms with Gasteiger partial charge in [0.15, 0.2) is 6.23 Å². The number of nitrogens with one attached hydrogen (secondary N) is 1. The number of pyridine rings is 1. The van der Waals surface area contributed by atoms with E-state index < -0.39 is 0 Å². The van der Waals surface area contributed by atoms with Gasteiger partial charge in [-0.1, -0.05) is 44.2 Å². The Labute approximate surface area is 196 Å². The lowest BCUT2D eigenvalue weighted by Gasteiger charge is -2.31. The highest BCUT2D eigenvalue weighted by atomic mass is 16.7. The van der Waals surface area contributed by atoms with Crippen molar-refractivity contribution in [2.75, 3.05) is 18.8 Å². The van der Waals surface area contributed by atoms with Crippen molar-refractivity contribution in [2.45, 2.75) is 46.4 Å². The van der Waals surface area contributed by atoms with Gasteiger partial charge in [-0.15, -0.1) is 13.2 Å². The maximum Gasteiger partial charge on any atom is 0.255 e. The van der Waals surface area contributed by atoms with E-state index in [1.165, 1.54) is 6.20 Å². The van der Waals surface area contributed by atoms with Gasteiger partial charge in [0, 0.05) is 25.2 Å². The highest BCUT2D eigenvalue weighted by molar-refractivity contribution is 5.95. The van der Waals surface area contributed by atoms with Crippen LogP contribution in [0.2, 0.25) is 0 Å². The van der Waals surface area contributed by atoms with Gasteiger partial charge in [-0.2, -0.15) is 0 Å². The summed E-state index contributed by atoms with van der Waals surface area (Å²) in [4.78, 5) is 28.6. The fourth-order valence-electron chi connectivity index (χ4n) is 3.55. The highest BCUT2D eigenvalue weighted by Crippen LogP contribution is 2.24. The summed E-state index contributed by atoms with van der Waals surface area (Å²) in [6.45, 7) is 13.6. The SMILES string of the molecule is C=C.CC.CC1N=C(C2CCN(C(=O)c3cnc(OCc4ccccc4)c(N)c3)CC2)NO1. The Bertz CT molecular complexity index is 912. The van der Waals surface area contributed by atoms with E-state index >= 15 is 0 Å². The van der Waals surface area contributed by atoms with Crippen LogP contribution in [-0.2, 0) is 11.4 Å². The Morgan fingerprint density at radius 2 is 1.91 bits per heavy atom. The summed E-state index contributed by atoms with van der Waals surface area (Å²) in [7, 11) is 0. The summed E-state index contributed by atoms with van der Waals surface area (Å²) in [6.07, 6.45) is 3.06. The summed E-state index contributed by atoms with van der Waals surface area (Å²) >= 11 is 0. The largest absolute Gasteiger partial charge is 0.471 e. The molecule has 3 N–H and O–H groups in total. The lowest BCUT2D eigenvalue weighted by molar-refractivity contribution is 0.0477. The number of ether oxygens (including phenoxy) is 1. The van der Waals surface area contributed by atoms with E-state index in [9.17, 15) is 4.79 Å². The average Bonchev–Trinajstić information content (AvgIpc) is 3.32. The number of hydroxylamine groups is 1. The fraction of sp³-hybridized carbons (Fsp3) is 0.400. The van der Waals surface area contributed by atoms with Crippen LogP contribution in [0.1, 0.15) is 49.5 Å². The molecule has 8 nitrogen and oxygen atoms in total. The third-order valence-electron chi connectivity index (χ3n) is 5.17. The van der Waals surface area contributed by atoms with Gasteiger partial charge >= 0.3 is 0 Å². The molecule has 4 rings (SSSR count). The number of carbonyl (C=O) groups is 1. The molecule has 1 saturated heterocycles. The smallest absolute Gasteiger partial charge is 0.255 e. The van der Waals surface area contributed by atoms with Crippen LogP contribution in [0.5, 0.6) is 5.88 Å². The predicted molar refractivity (Wildman–Crippen MR) is 132 cm³/mol. The van der Waals surface area contributed by atoms with E-state index in [4.69, 9.17) is 15.3 Å². The van der Waals surface area contributed by atoms with Crippen LogP contribution >= 0.6 is 0 Å². The molecule has 0 spiro atoms. The molecule has 178 valence electrons. The number of piperidine rings is 1. The number of amidine groups is 1. The lowest BCUT2D eigenvalue weighted by Crippen LogP contribution is -2.42. The quantitative estimate of drug-likeness (QED) is 0.658. The van der Waals surface area contributed by atoms with Crippen molar-refractivity contribution < 1.29 is 14.4 Å². The van der Waals surface area contributed by atoms with Gasteiger partial charge in [0.2, 0.25) is 5.88 Å². The van der Waals surface area contributed by atoms with Crippen LogP contribution in [0.15, 0.2) is 60.7 Å². The molecule has 33 heavy (non-hydrogen) atoms. The van der Waals surface area contributed by atoms with Crippen molar-refractivity contribution in [3.63, 3.8) is 0 Å². The van der Waals surface area contributed by atoms with Crippen LogP contribution in [0.25, 0.3) is 0 Å². The first kappa shape index (κ1) is 25.9. The van der Waals surface area contributed by atoms with Crippen molar-refractivity contribution in [2.24, 2.45) is 10.9 Å². The van der Waals surface area contributed by atoms with Crippen molar-refractivity contribution in [1.29, 1.82) is 0 Å². The number of rotatable bonds is 5. The van der Waals surface area contributed by atoms with Crippen molar-refractivity contribution >= 4 is 17.4 Å². The Hall–Kier alpha value is -3.39. The normalized spacial score (nSPS) is 17.5. The molecule has 0 aliphatic carbocycles. The monoisotopic (exact) mass is 453 g/mol. The molecule has 1 aromatic heterocycles. The summed E-state index contributed by atoms with van der Waals surface area (Å²) in [5.74, 6) is 1.45. The number of carbonyl (C=O) groups excluding carboxylic acids is 1. The number of benzene rings is 1. The van der Waals surface area contributed by atoms with Gasteiger partial charge in [0.1, 0.15) is 12.4 Å². The van der Waals surface area contributed by atoms with E-state index in [1.807, 2.05) is 56.0 Å². The van der Waals surface area contributed by atoms with Gasteiger partial charge in [-0.25, -0.2) is 14.8 Å². The number of nitrogen functional groups attached to an aromatic ring is 1. The molecule has 1 amide bonds. The van der Waals surface area contributed by atoms with E-state index in [-0.39, 0.29) is 12.1 Å². The number of aromatic nitrogens is 1. The van der Waals surface area contributed by atoms with Crippen LogP contribution in [0, 0.1) is 5.92 Å². The average molecular weight is 454 g/mol. The first-order valence-electron chi connectivity index (χ1n) is 11.3. The number of amides is 1. The number of hydrogen-bond donors (Lipinski definition) is 2. The molecule has 0 bridgehead atoms. The zero-order chi connectivity index (χ0) is 24.2. The molecule has 1 fully saturated rings. The number of nitrogens with two attached hydrogens (primary N) is 1. The zero-order valence-electron chi connectivity index (χ0n) is 19.8. The van der Waals surface area contributed by atoms with E-state index in [2.05, 4.69) is 28.6 Å². The maximum absolute atomic E-state index is 12.8. The fourth-order valence-corrected chi connectivity index (χ4v) is 3.55. The molecule has 3 heterocycles. The maximum atomic E-state index is 12.8. The minimum atomic E-state index is -0.152. The van der Waals surface area contributed by atoms with Gasteiger partial charge < -0.3 is 15.4 Å². The summed E-state index contributed by atoms with van der Waals surface area (Å²) in [5, 5.41) is 0. The topological polar surface area (TPSA) is 102 Å². The third kappa shape index (κ3) is 7.05. The third-order valence-corrected chi connectivity index (χ3v) is 5.17. The van der Waals surface area contributed by atoms with E-state index in [1.54, 1.807) is 6.07 Å². The van der Waals surface area contributed by atoms with Crippen LogP contribution in [0.3, 0.4) is 0 Å². The standard InChI is InChI=1S/C21H25N5O3.C2H6.C2H4/c1-14-24-19(25-29-14)16-7-9-26(10-8-16)21(27)17-11-18(22)20(23-12-17)28-13-15-5-3-2-4-6-15;2*1-2/h2-6,11-12,14,16H,7-10,13,22H2,1H3,(H,24,25);1-2H3;1-2H2. The summed E-state index contributed by atoms with van der Waals surface area (Å²) in [5.41, 5.74) is 10.8. The predicted octanol–water partition coefficient (Wildman–Crippen LogP) is 4.20. The molecular weight excluding hydrogens is 418 g/mol. The summed E-state index contributed by atoms with van der Waals surface area (Å²) < 4.78 is 5.69. The number of aliphatic imine (C=N–C) groups is 1. The number of anilines is 1. The molecule has 1 atom stereocenters. The molecule has 8 heteroatoms. The molecule has 0 radical (unpaired) electrons. The molecule has 2 aliphatic rings. The molecule has 1 unspecified atom stereocenters. The van der Waals surface area contributed by atoms with Crippen LogP contribution in [-0.4, -0.2) is 40.9 Å².